The minimum absolute atomic E-state index is 0.0531. The van der Waals surface area contributed by atoms with E-state index in [1.807, 2.05) is 91.6 Å². The molecule has 10 nitrogen and oxygen atoms in total. The van der Waals surface area contributed by atoms with Crippen molar-refractivity contribution in [3.8, 4) is 0 Å². The number of thioether (sulfide) groups is 1. The van der Waals surface area contributed by atoms with Gasteiger partial charge in [-0.05, 0) is 23.6 Å². The van der Waals surface area contributed by atoms with Crippen LogP contribution in [0.1, 0.15) is 25.8 Å². The maximum absolute atomic E-state index is 14.8. The second-order valence-electron chi connectivity index (χ2n) is 12.5. The fourth-order valence-electron chi connectivity index (χ4n) is 7.60. The Labute approximate surface area is 266 Å². The number of para-hydroxylation sites is 1. The zero-order valence-corrected chi connectivity index (χ0v) is 26.3. The molecule has 234 valence electrons. The molecule has 2 aromatic carbocycles. The van der Waals surface area contributed by atoms with Gasteiger partial charge in [0.05, 0.1) is 34.7 Å². The molecule has 4 aliphatic heterocycles. The van der Waals surface area contributed by atoms with Crippen LogP contribution in [0, 0.1) is 17.8 Å². The van der Waals surface area contributed by atoms with E-state index in [4.69, 9.17) is 0 Å². The van der Waals surface area contributed by atoms with E-state index in [1.54, 1.807) is 26.2 Å². The van der Waals surface area contributed by atoms with E-state index in [9.17, 15) is 19.5 Å². The van der Waals surface area contributed by atoms with Crippen LogP contribution in [0.3, 0.4) is 0 Å². The van der Waals surface area contributed by atoms with E-state index in [1.165, 1.54) is 0 Å². The monoisotopic (exact) mass is 626 g/mol. The lowest BCUT2D eigenvalue weighted by atomic mass is 9.78. The van der Waals surface area contributed by atoms with Crippen molar-refractivity contribution < 1.29 is 19.5 Å². The highest BCUT2D eigenvalue weighted by molar-refractivity contribution is 8.02. The smallest absolute Gasteiger partial charge is 0.248 e. The molecule has 3 aromatic rings. The van der Waals surface area contributed by atoms with Gasteiger partial charge in [-0.1, -0.05) is 92.3 Å². The molecule has 1 unspecified atom stereocenters. The summed E-state index contributed by atoms with van der Waals surface area (Å²) in [4.78, 5) is 49.2. The number of likely N-dealkylation sites (tertiary alicyclic amines) is 1. The van der Waals surface area contributed by atoms with Crippen LogP contribution in [0.25, 0.3) is 11.0 Å². The van der Waals surface area contributed by atoms with Gasteiger partial charge in [0.15, 0.2) is 0 Å². The standard InChI is InChI=1S/C34H38N6O4S/c1-3-22(2)26(20-41)40-30-33(44)38(21-39-25-14-8-7-13-24(25)35-36-39)18-10-16-34(30)29(32(40)43)28-27(45-34)15-9-17-37(31(28)42)19-23-11-5-4-6-12-23/h4-16,22,26-30,41H,3,17-21H2,1-2H3/t22-,26-,27+,28-,29-,30?,34-/m0/s1. The normalized spacial score (nSPS) is 29.0. The van der Waals surface area contributed by atoms with Crippen molar-refractivity contribution in [1.82, 2.24) is 29.7 Å². The second kappa shape index (κ2) is 11.8. The van der Waals surface area contributed by atoms with Crippen LogP contribution in [0.5, 0.6) is 0 Å². The number of carbonyl (C=O) groups excluding carboxylic acids is 3. The molecule has 5 heterocycles. The quantitative estimate of drug-likeness (QED) is 0.383. The zero-order valence-electron chi connectivity index (χ0n) is 25.5. The molecule has 0 saturated carbocycles. The van der Waals surface area contributed by atoms with Gasteiger partial charge in [-0.25, -0.2) is 4.68 Å². The average Bonchev–Trinajstić information content (AvgIpc) is 3.61. The molecule has 1 aromatic heterocycles. The van der Waals surface area contributed by atoms with Crippen LogP contribution in [0.2, 0.25) is 0 Å². The average molecular weight is 627 g/mol. The maximum Gasteiger partial charge on any atom is 0.248 e. The number of benzene rings is 2. The van der Waals surface area contributed by atoms with Gasteiger partial charge in [0, 0.05) is 24.9 Å². The molecular formula is C34H38N6O4S. The minimum atomic E-state index is -0.959. The Bertz CT molecular complexity index is 1680. The van der Waals surface area contributed by atoms with Crippen molar-refractivity contribution >= 4 is 40.5 Å². The predicted octanol–water partition coefficient (Wildman–Crippen LogP) is 3.09. The van der Waals surface area contributed by atoms with Gasteiger partial charge in [-0.2, -0.15) is 0 Å². The van der Waals surface area contributed by atoms with E-state index in [-0.39, 0.29) is 42.2 Å². The molecule has 11 heteroatoms. The fourth-order valence-corrected chi connectivity index (χ4v) is 9.60. The number of aliphatic hydroxyl groups excluding tert-OH is 1. The van der Waals surface area contributed by atoms with E-state index >= 15 is 0 Å². The minimum Gasteiger partial charge on any atom is -0.394 e. The van der Waals surface area contributed by atoms with Gasteiger partial charge in [0.25, 0.3) is 0 Å². The molecule has 3 amide bonds. The Morgan fingerprint density at radius 1 is 0.978 bits per heavy atom. The van der Waals surface area contributed by atoms with Gasteiger partial charge < -0.3 is 19.8 Å². The van der Waals surface area contributed by atoms with Gasteiger partial charge >= 0.3 is 0 Å². The van der Waals surface area contributed by atoms with Crippen LogP contribution >= 0.6 is 11.8 Å². The van der Waals surface area contributed by atoms with Crippen LogP contribution in [0.4, 0.5) is 0 Å². The Morgan fingerprint density at radius 2 is 1.73 bits per heavy atom. The van der Waals surface area contributed by atoms with Crippen molar-refractivity contribution in [1.29, 1.82) is 0 Å². The summed E-state index contributed by atoms with van der Waals surface area (Å²) in [5, 5.41) is 19.0. The Morgan fingerprint density at radius 3 is 2.51 bits per heavy atom. The van der Waals surface area contributed by atoms with Crippen LogP contribution < -0.4 is 0 Å². The number of rotatable bonds is 8. The molecule has 2 saturated heterocycles. The van der Waals surface area contributed by atoms with Gasteiger partial charge in [0.2, 0.25) is 17.7 Å². The van der Waals surface area contributed by atoms with Crippen LogP contribution in [0.15, 0.2) is 78.9 Å². The lowest BCUT2D eigenvalue weighted by Crippen LogP contribution is -2.58. The lowest BCUT2D eigenvalue weighted by Gasteiger charge is -2.40. The van der Waals surface area contributed by atoms with Crippen molar-refractivity contribution in [2.45, 2.75) is 55.6 Å². The number of amides is 3. The third-order valence-corrected chi connectivity index (χ3v) is 11.8. The Kier molecular flexibility index (Phi) is 7.77. The zero-order chi connectivity index (χ0) is 31.3. The highest BCUT2D eigenvalue weighted by Gasteiger charge is 2.72. The van der Waals surface area contributed by atoms with E-state index in [0.29, 0.717) is 19.6 Å². The summed E-state index contributed by atoms with van der Waals surface area (Å²) in [5.74, 6) is -1.93. The molecule has 45 heavy (non-hydrogen) atoms. The molecule has 2 fully saturated rings. The number of hydrogen-bond donors (Lipinski definition) is 1. The second-order valence-corrected chi connectivity index (χ2v) is 14.0. The molecule has 1 N–H and O–H groups in total. The first-order chi connectivity index (χ1) is 21.9. The van der Waals surface area contributed by atoms with E-state index in [0.717, 1.165) is 23.0 Å². The van der Waals surface area contributed by atoms with E-state index in [2.05, 4.69) is 16.4 Å². The van der Waals surface area contributed by atoms with Gasteiger partial charge in [-0.15, -0.1) is 16.9 Å². The first kappa shape index (κ1) is 29.7. The van der Waals surface area contributed by atoms with Gasteiger partial charge in [-0.3, -0.25) is 14.4 Å². The number of hydrogen-bond acceptors (Lipinski definition) is 7. The SMILES string of the molecule is CC[C@H](C)[C@H](CO)N1C(=O)[C@@H]2[C@H]3C(=O)N(Cc4ccccc4)CC=C[C@H]3S[C@@]23C=CCN(Cn2nnc4ccccc42)C(=O)C13. The molecule has 4 aliphatic rings. The predicted molar refractivity (Wildman–Crippen MR) is 171 cm³/mol. The third-order valence-electron chi connectivity index (χ3n) is 10.0. The van der Waals surface area contributed by atoms with E-state index < -0.39 is 28.7 Å². The summed E-state index contributed by atoms with van der Waals surface area (Å²) in [6.45, 7) is 5.15. The van der Waals surface area contributed by atoms with Crippen molar-refractivity contribution in [2.75, 3.05) is 19.7 Å². The summed E-state index contributed by atoms with van der Waals surface area (Å²) in [7, 11) is 0. The lowest BCUT2D eigenvalue weighted by molar-refractivity contribution is -0.148. The van der Waals surface area contributed by atoms with Crippen LogP contribution in [-0.4, -0.2) is 94.3 Å². The Balaban J connectivity index is 1.29. The summed E-state index contributed by atoms with van der Waals surface area (Å²) >= 11 is 1.56. The van der Waals surface area contributed by atoms with Crippen molar-refractivity contribution in [3.63, 3.8) is 0 Å². The summed E-state index contributed by atoms with van der Waals surface area (Å²) < 4.78 is 0.745. The number of aromatic nitrogens is 3. The topological polar surface area (TPSA) is 112 Å². The number of fused-ring (bicyclic) bond motifs is 3. The molecule has 7 atom stereocenters. The molecule has 1 spiro atoms. The molecule has 7 rings (SSSR count). The molecular weight excluding hydrogens is 588 g/mol. The number of nitrogens with zero attached hydrogens (tertiary/aromatic N) is 6. The molecule has 0 aliphatic carbocycles. The fraction of sp³-hybridized carbons (Fsp3) is 0.441. The van der Waals surface area contributed by atoms with Gasteiger partial charge in [0.1, 0.15) is 18.2 Å². The summed E-state index contributed by atoms with van der Waals surface area (Å²) in [6.07, 6.45) is 8.79. The van der Waals surface area contributed by atoms with Crippen molar-refractivity contribution in [2.24, 2.45) is 17.8 Å². The number of aliphatic hydroxyl groups is 1. The highest BCUT2D eigenvalue weighted by Crippen LogP contribution is 2.61. The maximum atomic E-state index is 14.8. The summed E-state index contributed by atoms with van der Waals surface area (Å²) in [6, 6.07) is 16.0. The largest absolute Gasteiger partial charge is 0.394 e. The van der Waals surface area contributed by atoms with Crippen molar-refractivity contribution in [3.05, 3.63) is 84.5 Å². The highest BCUT2D eigenvalue weighted by atomic mass is 32.2. The first-order valence-corrected chi connectivity index (χ1v) is 16.6. The van der Waals surface area contributed by atoms with Crippen LogP contribution in [-0.2, 0) is 27.6 Å². The Hall–Kier alpha value is -3.96. The number of carbonyl (C=O) groups is 3. The summed E-state index contributed by atoms with van der Waals surface area (Å²) in [5.41, 5.74) is 2.57. The first-order valence-electron chi connectivity index (χ1n) is 15.7. The molecule has 0 radical (unpaired) electrons. The third kappa shape index (κ3) is 4.78. The molecule has 0 bridgehead atoms.